The van der Waals surface area contributed by atoms with E-state index < -0.39 is 5.79 Å². The number of hydrogen-bond donors (Lipinski definition) is 1. The van der Waals surface area contributed by atoms with Gasteiger partial charge in [0.05, 0.1) is 0 Å². The predicted octanol–water partition coefficient (Wildman–Crippen LogP) is 2.96. The lowest BCUT2D eigenvalue weighted by atomic mass is 9.86. The van der Waals surface area contributed by atoms with Gasteiger partial charge in [0.15, 0.2) is 0 Å². The molecule has 2 nitrogen and oxygen atoms in total. The summed E-state index contributed by atoms with van der Waals surface area (Å²) in [6, 6.07) is 9.56. The van der Waals surface area contributed by atoms with Gasteiger partial charge in [-0.15, -0.1) is 0 Å². The number of rotatable bonds is 2. The minimum Gasteiger partial charge on any atom is -0.463 e. The molecule has 0 radical (unpaired) electrons. The number of aliphatic hydroxyl groups is 1. The van der Waals surface area contributed by atoms with Crippen LogP contribution in [0.2, 0.25) is 0 Å². The molecule has 0 unspecified atom stereocenters. The Morgan fingerprint density at radius 3 is 2.40 bits per heavy atom. The van der Waals surface area contributed by atoms with E-state index in [-0.39, 0.29) is 0 Å². The van der Waals surface area contributed by atoms with Gasteiger partial charge in [-0.1, -0.05) is 25.1 Å². The highest BCUT2D eigenvalue weighted by atomic mass is 16.6. The van der Waals surface area contributed by atoms with Gasteiger partial charge in [-0.2, -0.15) is 0 Å². The molecule has 15 heavy (non-hydrogen) atoms. The molecule has 1 aromatic rings. The smallest absolute Gasteiger partial charge is 0.208 e. The maximum absolute atomic E-state index is 10.2. The van der Waals surface area contributed by atoms with E-state index in [0.717, 1.165) is 31.4 Å². The Balaban J connectivity index is 1.99. The molecular formula is C13H18O2. The molecule has 0 amide bonds. The number of ether oxygens (including phenoxy) is 1. The van der Waals surface area contributed by atoms with Crippen LogP contribution in [0.25, 0.3) is 0 Å². The Morgan fingerprint density at radius 2 is 1.80 bits per heavy atom. The zero-order valence-corrected chi connectivity index (χ0v) is 9.15. The fourth-order valence-corrected chi connectivity index (χ4v) is 2.02. The highest BCUT2D eigenvalue weighted by molar-refractivity contribution is 5.21. The summed E-state index contributed by atoms with van der Waals surface area (Å²) in [6.07, 6.45) is 3.57. The molecule has 0 aromatic heterocycles. The van der Waals surface area contributed by atoms with Crippen molar-refractivity contribution >= 4 is 0 Å². The zero-order valence-electron chi connectivity index (χ0n) is 9.15. The minimum absolute atomic E-state index is 0.713. The van der Waals surface area contributed by atoms with E-state index >= 15 is 0 Å². The SMILES string of the molecule is CC1CCC(O)(Oc2ccccc2)CC1. The van der Waals surface area contributed by atoms with Crippen LogP contribution in [0, 0.1) is 5.92 Å². The van der Waals surface area contributed by atoms with E-state index in [2.05, 4.69) is 6.92 Å². The maximum atomic E-state index is 10.2. The third kappa shape index (κ3) is 2.72. The van der Waals surface area contributed by atoms with E-state index in [9.17, 15) is 5.11 Å². The lowest BCUT2D eigenvalue weighted by Gasteiger charge is -2.34. The Morgan fingerprint density at radius 1 is 1.20 bits per heavy atom. The molecule has 0 aliphatic heterocycles. The van der Waals surface area contributed by atoms with Gasteiger partial charge in [0.1, 0.15) is 5.75 Å². The summed E-state index contributed by atoms with van der Waals surface area (Å²) in [5.74, 6) is 0.535. The van der Waals surface area contributed by atoms with Crippen molar-refractivity contribution in [2.75, 3.05) is 0 Å². The van der Waals surface area contributed by atoms with Crippen molar-refractivity contribution in [1.82, 2.24) is 0 Å². The molecule has 0 saturated heterocycles. The van der Waals surface area contributed by atoms with Crippen molar-refractivity contribution in [2.45, 2.75) is 38.4 Å². The second kappa shape index (κ2) is 4.23. The lowest BCUT2D eigenvalue weighted by molar-refractivity contribution is -0.164. The van der Waals surface area contributed by atoms with Gasteiger partial charge >= 0.3 is 0 Å². The van der Waals surface area contributed by atoms with Gasteiger partial charge in [-0.25, -0.2) is 0 Å². The van der Waals surface area contributed by atoms with Gasteiger partial charge < -0.3 is 9.84 Å². The van der Waals surface area contributed by atoms with Gasteiger partial charge in [0.2, 0.25) is 5.79 Å². The average Bonchev–Trinajstić information content (AvgIpc) is 2.24. The van der Waals surface area contributed by atoms with E-state index in [1.807, 2.05) is 30.3 Å². The van der Waals surface area contributed by atoms with Crippen molar-refractivity contribution in [3.63, 3.8) is 0 Å². The Labute approximate surface area is 90.9 Å². The van der Waals surface area contributed by atoms with Crippen molar-refractivity contribution in [3.8, 4) is 5.75 Å². The van der Waals surface area contributed by atoms with E-state index in [1.165, 1.54) is 0 Å². The molecule has 0 heterocycles. The highest BCUT2D eigenvalue weighted by Gasteiger charge is 2.33. The number of benzene rings is 1. The van der Waals surface area contributed by atoms with Crippen molar-refractivity contribution in [1.29, 1.82) is 0 Å². The largest absolute Gasteiger partial charge is 0.463 e. The molecule has 1 aliphatic rings. The van der Waals surface area contributed by atoms with Gasteiger partial charge in [-0.05, 0) is 30.9 Å². The first-order chi connectivity index (χ1) is 7.18. The monoisotopic (exact) mass is 206 g/mol. The van der Waals surface area contributed by atoms with E-state index in [4.69, 9.17) is 4.74 Å². The maximum Gasteiger partial charge on any atom is 0.208 e. The van der Waals surface area contributed by atoms with E-state index in [1.54, 1.807) is 0 Å². The van der Waals surface area contributed by atoms with Crippen LogP contribution in [0.3, 0.4) is 0 Å². The highest BCUT2D eigenvalue weighted by Crippen LogP contribution is 2.33. The minimum atomic E-state index is -0.937. The molecule has 1 N–H and O–H groups in total. The molecule has 0 atom stereocenters. The topological polar surface area (TPSA) is 29.5 Å². The van der Waals surface area contributed by atoms with Crippen LogP contribution in [0.1, 0.15) is 32.6 Å². The summed E-state index contributed by atoms with van der Waals surface area (Å²) < 4.78 is 5.65. The molecular weight excluding hydrogens is 188 g/mol. The molecule has 1 saturated carbocycles. The van der Waals surface area contributed by atoms with Crippen LogP contribution in [-0.4, -0.2) is 10.9 Å². The fourth-order valence-electron chi connectivity index (χ4n) is 2.02. The Bertz CT molecular complexity index is 300. The summed E-state index contributed by atoms with van der Waals surface area (Å²) in [6.45, 7) is 2.22. The first-order valence-electron chi connectivity index (χ1n) is 5.64. The van der Waals surface area contributed by atoms with Crippen LogP contribution in [0.4, 0.5) is 0 Å². The summed E-state index contributed by atoms with van der Waals surface area (Å²) in [5, 5.41) is 10.2. The van der Waals surface area contributed by atoms with Crippen LogP contribution >= 0.6 is 0 Å². The standard InChI is InChI=1S/C13H18O2/c1-11-7-9-13(14,10-8-11)15-12-5-3-2-4-6-12/h2-6,11,14H,7-10H2,1H3. The number of para-hydroxylation sites is 1. The normalized spacial score (nSPS) is 31.2. The second-order valence-corrected chi connectivity index (χ2v) is 4.54. The van der Waals surface area contributed by atoms with Crippen molar-refractivity contribution in [3.05, 3.63) is 30.3 Å². The molecule has 0 spiro atoms. The zero-order chi connectivity index (χ0) is 10.7. The summed E-state index contributed by atoms with van der Waals surface area (Å²) >= 11 is 0. The quantitative estimate of drug-likeness (QED) is 0.754. The van der Waals surface area contributed by atoms with Gasteiger partial charge in [-0.3, -0.25) is 0 Å². The number of hydrogen-bond acceptors (Lipinski definition) is 2. The average molecular weight is 206 g/mol. The summed E-state index contributed by atoms with van der Waals surface area (Å²) in [5.41, 5.74) is 0. The van der Waals surface area contributed by atoms with Crippen molar-refractivity contribution < 1.29 is 9.84 Å². The molecule has 1 aromatic carbocycles. The lowest BCUT2D eigenvalue weighted by Crippen LogP contribution is -2.39. The van der Waals surface area contributed by atoms with Crippen LogP contribution in [-0.2, 0) is 0 Å². The molecule has 2 heteroatoms. The van der Waals surface area contributed by atoms with Gasteiger partial charge in [0, 0.05) is 12.8 Å². The molecule has 82 valence electrons. The van der Waals surface area contributed by atoms with Crippen LogP contribution < -0.4 is 4.74 Å². The predicted molar refractivity (Wildman–Crippen MR) is 59.7 cm³/mol. The fraction of sp³-hybridized carbons (Fsp3) is 0.538. The third-order valence-corrected chi connectivity index (χ3v) is 3.11. The molecule has 2 rings (SSSR count). The molecule has 1 fully saturated rings. The first-order valence-corrected chi connectivity index (χ1v) is 5.64. The van der Waals surface area contributed by atoms with Gasteiger partial charge in [0.25, 0.3) is 0 Å². The summed E-state index contributed by atoms with van der Waals surface area (Å²) in [7, 11) is 0. The van der Waals surface area contributed by atoms with Crippen LogP contribution in [0.15, 0.2) is 30.3 Å². The summed E-state index contributed by atoms with van der Waals surface area (Å²) in [4.78, 5) is 0. The Hall–Kier alpha value is -1.02. The van der Waals surface area contributed by atoms with E-state index in [0.29, 0.717) is 5.92 Å². The second-order valence-electron chi connectivity index (χ2n) is 4.54. The molecule has 0 bridgehead atoms. The third-order valence-electron chi connectivity index (χ3n) is 3.11. The Kier molecular flexibility index (Phi) is 2.96. The van der Waals surface area contributed by atoms with Crippen LogP contribution in [0.5, 0.6) is 5.75 Å². The molecule has 1 aliphatic carbocycles. The first kappa shape index (κ1) is 10.5. The van der Waals surface area contributed by atoms with Crippen molar-refractivity contribution in [2.24, 2.45) is 5.92 Å².